The van der Waals surface area contributed by atoms with Gasteiger partial charge in [-0.2, -0.15) is 0 Å². The number of hydrogen-bond acceptors (Lipinski definition) is 5. The average molecular weight is 382 g/mol. The third-order valence-electron chi connectivity index (χ3n) is 4.93. The van der Waals surface area contributed by atoms with E-state index in [4.69, 9.17) is 21.1 Å². The number of rotatable bonds is 8. The van der Waals surface area contributed by atoms with Gasteiger partial charge in [-0.25, -0.2) is 0 Å². The van der Waals surface area contributed by atoms with E-state index < -0.39 is 5.41 Å². The highest BCUT2D eigenvalue weighted by molar-refractivity contribution is 6.30. The van der Waals surface area contributed by atoms with Gasteiger partial charge >= 0.3 is 11.9 Å². The summed E-state index contributed by atoms with van der Waals surface area (Å²) in [6.07, 6.45) is 3.41. The summed E-state index contributed by atoms with van der Waals surface area (Å²) in [4.78, 5) is 24.9. The lowest BCUT2D eigenvalue weighted by Gasteiger charge is -2.38. The van der Waals surface area contributed by atoms with E-state index in [0.29, 0.717) is 37.6 Å². The van der Waals surface area contributed by atoms with Crippen LogP contribution in [0.1, 0.15) is 46.0 Å². The van der Waals surface area contributed by atoms with Crippen LogP contribution in [0.2, 0.25) is 5.02 Å². The minimum Gasteiger partial charge on any atom is -0.466 e. The third-order valence-corrected chi connectivity index (χ3v) is 5.17. The zero-order valence-corrected chi connectivity index (χ0v) is 16.3. The second kappa shape index (κ2) is 9.81. The quantitative estimate of drug-likeness (QED) is 0.674. The van der Waals surface area contributed by atoms with Crippen molar-refractivity contribution in [2.75, 3.05) is 25.1 Å². The van der Waals surface area contributed by atoms with Gasteiger partial charge in [-0.05, 0) is 57.7 Å². The normalized spacial score (nSPS) is 22.5. The SMILES string of the molecule is CCOC(=O)[C@@H]1CCC[C@@](CCNc2cccc(Cl)c2)(C(=O)OCC)C1. The predicted octanol–water partition coefficient (Wildman–Crippen LogP) is 4.44. The van der Waals surface area contributed by atoms with Crippen molar-refractivity contribution in [2.45, 2.75) is 46.0 Å². The minimum absolute atomic E-state index is 0.205. The number of benzene rings is 1. The van der Waals surface area contributed by atoms with Crippen LogP contribution in [0.15, 0.2) is 24.3 Å². The van der Waals surface area contributed by atoms with E-state index in [-0.39, 0.29) is 17.9 Å². The smallest absolute Gasteiger partial charge is 0.312 e. The first-order valence-corrected chi connectivity index (χ1v) is 9.72. The molecule has 0 unspecified atom stereocenters. The van der Waals surface area contributed by atoms with Crippen LogP contribution >= 0.6 is 11.6 Å². The molecule has 0 spiro atoms. The molecule has 1 aliphatic rings. The molecule has 0 aliphatic heterocycles. The van der Waals surface area contributed by atoms with Crippen LogP contribution in [0, 0.1) is 11.3 Å². The lowest BCUT2D eigenvalue weighted by Crippen LogP contribution is -2.41. The Kier molecular flexibility index (Phi) is 7.76. The summed E-state index contributed by atoms with van der Waals surface area (Å²) in [5, 5.41) is 3.98. The number of nitrogens with one attached hydrogen (secondary N) is 1. The van der Waals surface area contributed by atoms with E-state index in [1.165, 1.54) is 0 Å². The van der Waals surface area contributed by atoms with Gasteiger partial charge in [-0.1, -0.05) is 24.1 Å². The number of anilines is 1. The van der Waals surface area contributed by atoms with Gasteiger partial charge in [0.05, 0.1) is 24.5 Å². The molecule has 0 radical (unpaired) electrons. The fourth-order valence-electron chi connectivity index (χ4n) is 3.67. The maximum absolute atomic E-state index is 12.7. The highest BCUT2D eigenvalue weighted by Gasteiger charge is 2.45. The molecule has 0 saturated heterocycles. The van der Waals surface area contributed by atoms with Gasteiger partial charge in [0.25, 0.3) is 0 Å². The van der Waals surface area contributed by atoms with E-state index in [0.717, 1.165) is 24.9 Å². The number of halogens is 1. The Bertz CT molecular complexity index is 622. The molecule has 0 aromatic heterocycles. The van der Waals surface area contributed by atoms with Crippen molar-refractivity contribution in [1.29, 1.82) is 0 Å². The fraction of sp³-hybridized carbons (Fsp3) is 0.600. The first kappa shape index (κ1) is 20.6. The summed E-state index contributed by atoms with van der Waals surface area (Å²) >= 11 is 6.01. The maximum Gasteiger partial charge on any atom is 0.312 e. The second-order valence-electron chi connectivity index (χ2n) is 6.73. The van der Waals surface area contributed by atoms with Crippen molar-refractivity contribution in [3.63, 3.8) is 0 Å². The Morgan fingerprint density at radius 1 is 1.27 bits per heavy atom. The van der Waals surface area contributed by atoms with Crippen LogP contribution < -0.4 is 5.32 Å². The largest absolute Gasteiger partial charge is 0.466 e. The summed E-state index contributed by atoms with van der Waals surface area (Å²) in [6, 6.07) is 7.48. The number of hydrogen-bond donors (Lipinski definition) is 1. The van der Waals surface area contributed by atoms with Crippen LogP contribution in [0.3, 0.4) is 0 Å². The summed E-state index contributed by atoms with van der Waals surface area (Å²) in [5.74, 6) is -0.648. The monoisotopic (exact) mass is 381 g/mol. The molecule has 26 heavy (non-hydrogen) atoms. The molecule has 6 heteroatoms. The topological polar surface area (TPSA) is 64.6 Å². The van der Waals surface area contributed by atoms with E-state index in [2.05, 4.69) is 5.32 Å². The number of esters is 2. The average Bonchev–Trinajstić information content (AvgIpc) is 2.62. The van der Waals surface area contributed by atoms with Crippen LogP contribution in [0.4, 0.5) is 5.69 Å². The minimum atomic E-state index is -0.642. The molecule has 1 fully saturated rings. The highest BCUT2D eigenvalue weighted by atomic mass is 35.5. The first-order chi connectivity index (χ1) is 12.5. The molecule has 1 N–H and O–H groups in total. The third kappa shape index (κ3) is 5.37. The molecule has 1 saturated carbocycles. The van der Waals surface area contributed by atoms with Crippen molar-refractivity contribution >= 4 is 29.2 Å². The summed E-state index contributed by atoms with van der Waals surface area (Å²) in [7, 11) is 0. The van der Waals surface area contributed by atoms with Gasteiger partial charge in [0, 0.05) is 17.3 Å². The summed E-state index contributed by atoms with van der Waals surface area (Å²) < 4.78 is 10.5. The predicted molar refractivity (Wildman–Crippen MR) is 102 cm³/mol. The standard InChI is InChI=1S/C20H28ClNO4/c1-3-25-18(23)15-7-6-10-20(14-15,19(24)26-4-2)11-12-22-17-9-5-8-16(21)13-17/h5,8-9,13,15,22H,3-4,6-7,10-12,14H2,1-2H3/t15-,20+/m1/s1. The van der Waals surface area contributed by atoms with Crippen LogP contribution in [-0.4, -0.2) is 31.7 Å². The van der Waals surface area contributed by atoms with Crippen LogP contribution in [0.5, 0.6) is 0 Å². The molecule has 5 nitrogen and oxygen atoms in total. The number of ether oxygens (including phenoxy) is 2. The van der Waals surface area contributed by atoms with Crippen molar-refractivity contribution in [3.05, 3.63) is 29.3 Å². The Labute approximate surface area is 160 Å². The molecular formula is C20H28ClNO4. The molecule has 0 amide bonds. The van der Waals surface area contributed by atoms with Crippen molar-refractivity contribution < 1.29 is 19.1 Å². The van der Waals surface area contributed by atoms with Gasteiger partial charge in [0.1, 0.15) is 0 Å². The summed E-state index contributed by atoms with van der Waals surface area (Å²) in [6.45, 7) is 4.91. The second-order valence-corrected chi connectivity index (χ2v) is 7.17. The van der Waals surface area contributed by atoms with E-state index in [9.17, 15) is 9.59 Å². The molecule has 0 heterocycles. The van der Waals surface area contributed by atoms with E-state index >= 15 is 0 Å². The molecule has 0 bridgehead atoms. The molecule has 1 aromatic rings. The summed E-state index contributed by atoms with van der Waals surface area (Å²) in [5.41, 5.74) is 0.270. The zero-order valence-electron chi connectivity index (χ0n) is 15.6. The van der Waals surface area contributed by atoms with Crippen molar-refractivity contribution in [1.82, 2.24) is 0 Å². The first-order valence-electron chi connectivity index (χ1n) is 9.34. The molecule has 144 valence electrons. The Balaban J connectivity index is 2.06. The van der Waals surface area contributed by atoms with Crippen molar-refractivity contribution in [2.24, 2.45) is 11.3 Å². The highest BCUT2D eigenvalue weighted by Crippen LogP contribution is 2.43. The van der Waals surface area contributed by atoms with Crippen molar-refractivity contribution in [3.8, 4) is 0 Å². The van der Waals surface area contributed by atoms with Crippen LogP contribution in [0.25, 0.3) is 0 Å². The Morgan fingerprint density at radius 2 is 2.04 bits per heavy atom. The molecular weight excluding hydrogens is 354 g/mol. The number of carbonyl (C=O) groups is 2. The Hall–Kier alpha value is -1.75. The number of carbonyl (C=O) groups excluding carboxylic acids is 2. The van der Waals surface area contributed by atoms with Gasteiger partial charge in [-0.3, -0.25) is 9.59 Å². The molecule has 1 aromatic carbocycles. The Morgan fingerprint density at radius 3 is 2.73 bits per heavy atom. The molecule has 2 rings (SSSR count). The lowest BCUT2D eigenvalue weighted by atomic mass is 9.67. The van der Waals surface area contributed by atoms with E-state index in [1.807, 2.05) is 31.2 Å². The van der Waals surface area contributed by atoms with Gasteiger partial charge in [0.2, 0.25) is 0 Å². The zero-order chi connectivity index (χ0) is 19.0. The fourth-order valence-corrected chi connectivity index (χ4v) is 3.86. The molecule has 2 atom stereocenters. The maximum atomic E-state index is 12.7. The van der Waals surface area contributed by atoms with Gasteiger partial charge in [-0.15, -0.1) is 0 Å². The molecule has 1 aliphatic carbocycles. The lowest BCUT2D eigenvalue weighted by molar-refractivity contribution is -0.162. The van der Waals surface area contributed by atoms with Gasteiger partial charge in [0.15, 0.2) is 0 Å². The van der Waals surface area contributed by atoms with E-state index in [1.54, 1.807) is 6.92 Å². The van der Waals surface area contributed by atoms with Gasteiger partial charge < -0.3 is 14.8 Å². The van der Waals surface area contributed by atoms with Crippen LogP contribution in [-0.2, 0) is 19.1 Å².